The largest absolute Gasteiger partial charge is 0.472 e. The van der Waals surface area contributed by atoms with Crippen molar-refractivity contribution in [3.63, 3.8) is 0 Å². The molecule has 2 aromatic rings. The molecule has 1 aliphatic heterocycles. The number of ether oxygens (including phenoxy) is 1. The maximum atomic E-state index is 13.5. The summed E-state index contributed by atoms with van der Waals surface area (Å²) >= 11 is 0. The molecule has 1 N–H and O–H groups in total. The van der Waals surface area contributed by atoms with Crippen molar-refractivity contribution < 1.29 is 23.1 Å². The molecule has 36 heavy (non-hydrogen) atoms. The number of hydrogen-bond donors (Lipinski definition) is 1. The van der Waals surface area contributed by atoms with E-state index in [1.54, 1.807) is 54.4 Å². The number of sulfonamides is 1. The minimum absolute atomic E-state index is 0.0605. The molecule has 1 aromatic carbocycles. The zero-order chi connectivity index (χ0) is 26.5. The van der Waals surface area contributed by atoms with E-state index in [-0.39, 0.29) is 47.9 Å². The van der Waals surface area contributed by atoms with E-state index >= 15 is 0 Å². The van der Waals surface area contributed by atoms with Crippen molar-refractivity contribution >= 4 is 15.9 Å². The molecule has 1 amide bonds. The minimum atomic E-state index is -3.74. The van der Waals surface area contributed by atoms with Crippen LogP contribution in [0.5, 0.6) is 5.88 Å². The lowest BCUT2D eigenvalue weighted by molar-refractivity contribution is 0.0373. The summed E-state index contributed by atoms with van der Waals surface area (Å²) in [6.45, 7) is 7.97. The van der Waals surface area contributed by atoms with Crippen LogP contribution in [0.15, 0.2) is 47.5 Å². The number of carbonyl (C=O) groups excluding carboxylic acids is 1. The molecule has 3 rings (SSSR count). The summed E-state index contributed by atoms with van der Waals surface area (Å²) in [7, 11) is -2.22. The summed E-state index contributed by atoms with van der Waals surface area (Å²) in [6.07, 6.45) is 1.70. The quantitative estimate of drug-likeness (QED) is 0.572. The molecule has 0 aliphatic carbocycles. The van der Waals surface area contributed by atoms with Crippen LogP contribution >= 0.6 is 0 Å². The van der Waals surface area contributed by atoms with Gasteiger partial charge in [-0.15, -0.1) is 0 Å². The molecular weight excluding hydrogens is 478 g/mol. The van der Waals surface area contributed by atoms with Crippen LogP contribution in [0.2, 0.25) is 0 Å². The number of aliphatic hydroxyl groups excluding tert-OH is 1. The molecule has 0 unspecified atom stereocenters. The van der Waals surface area contributed by atoms with Crippen LogP contribution in [0.1, 0.15) is 50.0 Å². The summed E-state index contributed by atoms with van der Waals surface area (Å²) in [5.74, 6) is 6.17. The summed E-state index contributed by atoms with van der Waals surface area (Å²) in [5.41, 5.74) is 0.842. The van der Waals surface area contributed by atoms with Gasteiger partial charge < -0.3 is 14.7 Å². The number of hydrogen-bond acceptors (Lipinski definition) is 6. The fraction of sp³-hybridized carbons (Fsp3) is 0.481. The Bertz CT molecular complexity index is 1220. The number of carbonyl (C=O) groups is 1. The average molecular weight is 514 g/mol. The number of pyridine rings is 1. The second kappa shape index (κ2) is 11.9. The molecule has 1 aliphatic rings. The highest BCUT2D eigenvalue weighted by Crippen LogP contribution is 2.28. The number of benzene rings is 1. The predicted octanol–water partition coefficient (Wildman–Crippen LogP) is 3.02. The average Bonchev–Trinajstić information content (AvgIpc) is 2.86. The molecule has 0 saturated heterocycles. The number of likely N-dealkylation sites (N-methyl/N-ethyl adjacent to an activating group) is 1. The van der Waals surface area contributed by atoms with Crippen LogP contribution in [-0.4, -0.2) is 72.5 Å². The molecule has 0 fully saturated rings. The van der Waals surface area contributed by atoms with Crippen molar-refractivity contribution in [2.75, 3.05) is 26.7 Å². The molecule has 2 heterocycles. The molecule has 9 heteroatoms. The molecule has 0 radical (unpaired) electrons. The third-order valence-corrected chi connectivity index (χ3v) is 7.99. The van der Waals surface area contributed by atoms with E-state index in [0.717, 1.165) is 6.42 Å². The Morgan fingerprint density at radius 2 is 1.94 bits per heavy atom. The number of aromatic nitrogens is 1. The standard InChI is InChI=1S/C27H35N3O5S/c1-19(2)10-9-11-22-14-24-26(28-15-22)35-25(20(3)16-30(27(24)32)21(4)18-31)17-29(5)36(33,34)23-12-7-6-8-13-23/h6-8,12-15,19-21,25,31H,10,16-18H2,1-5H3/t20-,21+,25-/m0/s1. The van der Waals surface area contributed by atoms with Gasteiger partial charge in [-0.25, -0.2) is 13.4 Å². The van der Waals surface area contributed by atoms with Gasteiger partial charge in [-0.1, -0.05) is 50.8 Å². The van der Waals surface area contributed by atoms with Gasteiger partial charge in [-0.2, -0.15) is 4.31 Å². The lowest BCUT2D eigenvalue weighted by atomic mass is 10.00. The van der Waals surface area contributed by atoms with E-state index in [4.69, 9.17) is 4.74 Å². The molecule has 8 nitrogen and oxygen atoms in total. The maximum Gasteiger partial charge on any atom is 0.259 e. The second-order valence-electron chi connectivity index (χ2n) is 9.70. The Morgan fingerprint density at radius 1 is 1.25 bits per heavy atom. The number of amides is 1. The zero-order valence-corrected chi connectivity index (χ0v) is 22.3. The normalized spacial score (nSPS) is 19.1. The smallest absolute Gasteiger partial charge is 0.259 e. The Morgan fingerprint density at radius 3 is 2.58 bits per heavy atom. The van der Waals surface area contributed by atoms with Crippen LogP contribution in [0, 0.1) is 23.7 Å². The first-order valence-electron chi connectivity index (χ1n) is 12.1. The van der Waals surface area contributed by atoms with Gasteiger partial charge in [0.25, 0.3) is 5.91 Å². The van der Waals surface area contributed by atoms with E-state index in [0.29, 0.717) is 11.5 Å². The van der Waals surface area contributed by atoms with Crippen LogP contribution in [0.4, 0.5) is 0 Å². The van der Waals surface area contributed by atoms with E-state index in [2.05, 4.69) is 30.7 Å². The molecule has 194 valence electrons. The fourth-order valence-corrected chi connectivity index (χ4v) is 5.07. The van der Waals surface area contributed by atoms with Gasteiger partial charge in [-0.05, 0) is 31.0 Å². The molecule has 3 atom stereocenters. The Balaban J connectivity index is 1.97. The van der Waals surface area contributed by atoms with Gasteiger partial charge in [0.1, 0.15) is 11.7 Å². The highest BCUT2D eigenvalue weighted by Gasteiger charge is 2.35. The van der Waals surface area contributed by atoms with Gasteiger partial charge in [-0.3, -0.25) is 4.79 Å². The topological polar surface area (TPSA) is 100 Å². The summed E-state index contributed by atoms with van der Waals surface area (Å²) < 4.78 is 33.7. The number of nitrogens with zero attached hydrogens (tertiary/aromatic N) is 3. The van der Waals surface area contributed by atoms with Gasteiger partial charge >= 0.3 is 0 Å². The van der Waals surface area contributed by atoms with Gasteiger partial charge in [0, 0.05) is 37.7 Å². The van der Waals surface area contributed by atoms with Gasteiger partial charge in [0.05, 0.1) is 24.1 Å². The number of aliphatic hydroxyl groups is 1. The van der Waals surface area contributed by atoms with E-state index in [1.807, 2.05) is 6.92 Å². The summed E-state index contributed by atoms with van der Waals surface area (Å²) in [4.78, 5) is 19.7. The first-order chi connectivity index (χ1) is 17.0. The first-order valence-corrected chi connectivity index (χ1v) is 13.6. The maximum absolute atomic E-state index is 13.5. The SMILES string of the molecule is CC(C)CC#Cc1cnc2c(c1)C(=O)N([C@H](C)CO)C[C@H](C)[C@H](CN(C)S(=O)(=O)c1ccccc1)O2. The van der Waals surface area contributed by atoms with Crippen LogP contribution in [0.3, 0.4) is 0 Å². The molecule has 0 spiro atoms. The number of rotatable bonds is 7. The van der Waals surface area contributed by atoms with Gasteiger partial charge in [0.2, 0.25) is 15.9 Å². The van der Waals surface area contributed by atoms with Crippen molar-refractivity contribution in [1.29, 1.82) is 0 Å². The van der Waals surface area contributed by atoms with Gasteiger partial charge in [0.15, 0.2) is 0 Å². The van der Waals surface area contributed by atoms with Crippen LogP contribution in [-0.2, 0) is 10.0 Å². The number of fused-ring (bicyclic) bond motifs is 1. The predicted molar refractivity (Wildman–Crippen MR) is 138 cm³/mol. The zero-order valence-electron chi connectivity index (χ0n) is 21.5. The highest BCUT2D eigenvalue weighted by atomic mass is 32.2. The van der Waals surface area contributed by atoms with E-state index < -0.39 is 22.2 Å². The van der Waals surface area contributed by atoms with Crippen molar-refractivity contribution in [2.45, 2.75) is 51.2 Å². The summed E-state index contributed by atoms with van der Waals surface area (Å²) in [5, 5.41) is 9.82. The second-order valence-corrected chi connectivity index (χ2v) is 11.7. The molecule has 0 saturated carbocycles. The lowest BCUT2D eigenvalue weighted by Gasteiger charge is -2.37. The van der Waals surface area contributed by atoms with Crippen molar-refractivity contribution in [3.8, 4) is 17.7 Å². The third-order valence-electron chi connectivity index (χ3n) is 6.15. The van der Waals surface area contributed by atoms with Crippen LogP contribution in [0.25, 0.3) is 0 Å². The highest BCUT2D eigenvalue weighted by molar-refractivity contribution is 7.89. The van der Waals surface area contributed by atoms with Crippen molar-refractivity contribution in [3.05, 3.63) is 53.7 Å². The lowest BCUT2D eigenvalue weighted by Crippen LogP contribution is -2.50. The molecule has 1 aromatic heterocycles. The Kier molecular flexibility index (Phi) is 9.12. The third kappa shape index (κ3) is 6.44. The monoisotopic (exact) mass is 513 g/mol. The van der Waals surface area contributed by atoms with Crippen LogP contribution < -0.4 is 4.74 Å². The fourth-order valence-electron chi connectivity index (χ4n) is 3.87. The van der Waals surface area contributed by atoms with Crippen molar-refractivity contribution in [2.24, 2.45) is 11.8 Å². The van der Waals surface area contributed by atoms with E-state index in [1.165, 1.54) is 11.4 Å². The minimum Gasteiger partial charge on any atom is -0.472 e. The Hall–Kier alpha value is -2.93. The first kappa shape index (κ1) is 27.7. The molecular formula is C27H35N3O5S. The van der Waals surface area contributed by atoms with E-state index in [9.17, 15) is 18.3 Å². The Labute approximate surface area is 214 Å². The summed E-state index contributed by atoms with van der Waals surface area (Å²) in [6, 6.07) is 9.44. The van der Waals surface area contributed by atoms with Crippen molar-refractivity contribution in [1.82, 2.24) is 14.2 Å². The molecule has 0 bridgehead atoms.